The van der Waals surface area contributed by atoms with Crippen molar-refractivity contribution in [2.45, 2.75) is 23.7 Å². The summed E-state index contributed by atoms with van der Waals surface area (Å²) in [6.07, 6.45) is 2.65. The van der Waals surface area contributed by atoms with Gasteiger partial charge in [-0.25, -0.2) is 0 Å². The van der Waals surface area contributed by atoms with Gasteiger partial charge >= 0.3 is 0 Å². The molecule has 0 saturated carbocycles. The Labute approximate surface area is 81.3 Å². The molecule has 0 aliphatic carbocycles. The van der Waals surface area contributed by atoms with Crippen LogP contribution in [-0.4, -0.2) is 26.9 Å². The fraction of sp³-hybridized carbons (Fsp3) is 0.857. The topological polar surface area (TPSA) is 3.24 Å². The molecule has 0 bridgehead atoms. The van der Waals surface area contributed by atoms with E-state index in [-0.39, 0.29) is 0 Å². The number of likely N-dealkylation sites (tertiary alicyclic amines) is 1. The summed E-state index contributed by atoms with van der Waals surface area (Å²) in [6.45, 7) is 4.53. The van der Waals surface area contributed by atoms with Gasteiger partial charge in [0.2, 0.25) is 0 Å². The number of halogens is 1. The van der Waals surface area contributed by atoms with Gasteiger partial charge in [-0.15, -0.1) is 0 Å². The molecule has 58 valence electrons. The molecule has 1 heterocycles. The van der Waals surface area contributed by atoms with Crippen LogP contribution in [0.15, 0.2) is 0 Å². The van der Waals surface area contributed by atoms with Gasteiger partial charge in [-0.05, 0) is 19.8 Å². The molecule has 1 atom stereocenters. The van der Waals surface area contributed by atoms with Crippen molar-refractivity contribution < 1.29 is 0 Å². The third-order valence-corrected chi connectivity index (χ3v) is 3.38. The van der Waals surface area contributed by atoms with Crippen molar-refractivity contribution in [1.82, 2.24) is 4.90 Å². The summed E-state index contributed by atoms with van der Waals surface area (Å²) in [5, 5.41) is 0. The van der Waals surface area contributed by atoms with E-state index >= 15 is 0 Å². The van der Waals surface area contributed by atoms with Gasteiger partial charge in [0, 0.05) is 13.1 Å². The lowest BCUT2D eigenvalue weighted by Gasteiger charge is -2.19. The Morgan fingerprint density at radius 2 is 2.00 bits per heavy atom. The lowest BCUT2D eigenvalue weighted by molar-refractivity contribution is 0.522. The van der Waals surface area contributed by atoms with Crippen LogP contribution in [0.2, 0.25) is 0 Å². The Balaban J connectivity index is 2.40. The van der Waals surface area contributed by atoms with Crippen molar-refractivity contribution in [3.63, 3.8) is 0 Å². The molecule has 0 aromatic carbocycles. The minimum atomic E-state index is 0.519. The summed E-state index contributed by atoms with van der Waals surface area (Å²) in [5.41, 5.74) is 0. The van der Waals surface area contributed by atoms with E-state index in [0.29, 0.717) is 3.92 Å². The first-order chi connectivity index (χ1) is 4.72. The average Bonchev–Trinajstić information content (AvgIpc) is 2.36. The highest BCUT2D eigenvalue weighted by molar-refractivity contribution is 14.1. The third-order valence-electron chi connectivity index (χ3n) is 1.76. The van der Waals surface area contributed by atoms with Gasteiger partial charge in [-0.3, -0.25) is 0 Å². The molecule has 0 radical (unpaired) electrons. The van der Waals surface area contributed by atoms with Gasteiger partial charge in [-0.2, -0.15) is 0 Å². The van der Waals surface area contributed by atoms with E-state index in [9.17, 15) is 0 Å². The van der Waals surface area contributed by atoms with Crippen molar-refractivity contribution in [2.75, 3.05) is 13.1 Å². The lowest BCUT2D eigenvalue weighted by atomic mass is 10.4. The number of hydrogen-bond acceptors (Lipinski definition) is 1. The SMILES string of the molecule is CC(I)C(=S)N1CCCC1. The largest absolute Gasteiger partial charge is 0.365 e. The highest BCUT2D eigenvalue weighted by atomic mass is 127. The number of rotatable bonds is 1. The van der Waals surface area contributed by atoms with E-state index in [2.05, 4.69) is 34.4 Å². The molecule has 0 aromatic heterocycles. The Morgan fingerprint density at radius 3 is 2.40 bits per heavy atom. The van der Waals surface area contributed by atoms with E-state index in [0.717, 1.165) is 4.99 Å². The monoisotopic (exact) mass is 269 g/mol. The molecule has 3 heteroatoms. The highest BCUT2D eigenvalue weighted by Crippen LogP contribution is 2.13. The molecule has 0 N–H and O–H groups in total. The summed E-state index contributed by atoms with van der Waals surface area (Å²) in [5.74, 6) is 0. The molecule has 1 aliphatic heterocycles. The van der Waals surface area contributed by atoms with Crippen molar-refractivity contribution in [1.29, 1.82) is 0 Å². The zero-order valence-corrected chi connectivity index (χ0v) is 9.11. The van der Waals surface area contributed by atoms with Crippen molar-refractivity contribution in [3.8, 4) is 0 Å². The van der Waals surface area contributed by atoms with Crippen LogP contribution >= 0.6 is 34.8 Å². The lowest BCUT2D eigenvalue weighted by Crippen LogP contribution is -2.30. The van der Waals surface area contributed by atoms with Crippen molar-refractivity contribution >= 4 is 39.8 Å². The minimum absolute atomic E-state index is 0.519. The third kappa shape index (κ3) is 2.05. The predicted molar refractivity (Wildman–Crippen MR) is 56.9 cm³/mol. The smallest absolute Gasteiger partial charge is 0.0906 e. The molecule has 1 nitrogen and oxygen atoms in total. The van der Waals surface area contributed by atoms with Gasteiger partial charge in [0.1, 0.15) is 0 Å². The zero-order valence-electron chi connectivity index (χ0n) is 6.14. The Bertz CT molecular complexity index is 130. The van der Waals surface area contributed by atoms with Crippen LogP contribution in [0, 0.1) is 0 Å². The number of hydrogen-bond donors (Lipinski definition) is 0. The van der Waals surface area contributed by atoms with Crippen LogP contribution in [0.5, 0.6) is 0 Å². The van der Waals surface area contributed by atoms with Crippen molar-refractivity contribution in [2.24, 2.45) is 0 Å². The van der Waals surface area contributed by atoms with E-state index in [1.54, 1.807) is 0 Å². The molecule has 0 amide bonds. The fourth-order valence-electron chi connectivity index (χ4n) is 1.19. The first-order valence-corrected chi connectivity index (χ1v) is 5.30. The quantitative estimate of drug-likeness (QED) is 0.408. The second-order valence-electron chi connectivity index (χ2n) is 2.65. The molecule has 1 unspecified atom stereocenters. The Hall–Kier alpha value is 0.620. The van der Waals surface area contributed by atoms with E-state index in [4.69, 9.17) is 12.2 Å². The van der Waals surface area contributed by atoms with Crippen LogP contribution in [0.3, 0.4) is 0 Å². The maximum Gasteiger partial charge on any atom is 0.0906 e. The second kappa shape index (κ2) is 3.85. The van der Waals surface area contributed by atoms with Crippen LogP contribution in [0.25, 0.3) is 0 Å². The minimum Gasteiger partial charge on any atom is -0.365 e. The van der Waals surface area contributed by atoms with Gasteiger partial charge < -0.3 is 4.90 Å². The maximum atomic E-state index is 5.26. The van der Waals surface area contributed by atoms with Gasteiger partial charge in [0.05, 0.1) is 8.91 Å². The molecule has 0 aromatic rings. The van der Waals surface area contributed by atoms with Crippen LogP contribution < -0.4 is 0 Å². The molecule has 10 heavy (non-hydrogen) atoms. The fourth-order valence-corrected chi connectivity index (χ4v) is 1.77. The number of thiocarbonyl (C=S) groups is 1. The van der Waals surface area contributed by atoms with Crippen LogP contribution in [-0.2, 0) is 0 Å². The first kappa shape index (κ1) is 8.71. The predicted octanol–water partition coefficient (Wildman–Crippen LogP) is 2.23. The second-order valence-corrected chi connectivity index (χ2v) is 4.94. The molecule has 1 saturated heterocycles. The van der Waals surface area contributed by atoms with Crippen molar-refractivity contribution in [3.05, 3.63) is 0 Å². The van der Waals surface area contributed by atoms with Crippen LogP contribution in [0.4, 0.5) is 0 Å². The summed E-state index contributed by atoms with van der Waals surface area (Å²) < 4.78 is 0.519. The Kier molecular flexibility index (Phi) is 3.36. The molecule has 1 aliphatic rings. The summed E-state index contributed by atoms with van der Waals surface area (Å²) in [4.78, 5) is 3.46. The summed E-state index contributed by atoms with van der Waals surface area (Å²) >= 11 is 7.63. The highest BCUT2D eigenvalue weighted by Gasteiger charge is 2.16. The van der Waals surface area contributed by atoms with E-state index in [1.807, 2.05) is 0 Å². The molecule has 0 spiro atoms. The molecular weight excluding hydrogens is 257 g/mol. The maximum absolute atomic E-state index is 5.26. The molecular formula is C7H12INS. The van der Waals surface area contributed by atoms with Crippen LogP contribution in [0.1, 0.15) is 19.8 Å². The molecule has 1 rings (SSSR count). The zero-order chi connectivity index (χ0) is 7.56. The number of alkyl halides is 1. The normalized spacial score (nSPS) is 21.2. The van der Waals surface area contributed by atoms with E-state index in [1.165, 1.54) is 25.9 Å². The van der Waals surface area contributed by atoms with E-state index < -0.39 is 0 Å². The summed E-state index contributed by atoms with van der Waals surface area (Å²) in [6, 6.07) is 0. The standard InChI is InChI=1S/C7H12INS/c1-6(8)7(10)9-4-2-3-5-9/h6H,2-5H2,1H3. The first-order valence-electron chi connectivity index (χ1n) is 3.64. The number of nitrogens with zero attached hydrogens (tertiary/aromatic N) is 1. The molecule has 1 fully saturated rings. The van der Waals surface area contributed by atoms with Gasteiger partial charge in [0.25, 0.3) is 0 Å². The van der Waals surface area contributed by atoms with Gasteiger partial charge in [-0.1, -0.05) is 34.8 Å². The average molecular weight is 269 g/mol. The summed E-state index contributed by atoms with van der Waals surface area (Å²) in [7, 11) is 0. The Morgan fingerprint density at radius 1 is 1.50 bits per heavy atom. The van der Waals surface area contributed by atoms with Gasteiger partial charge in [0.15, 0.2) is 0 Å².